The Morgan fingerprint density at radius 2 is 2.00 bits per heavy atom. The number of hydrogen-bond donors (Lipinski definition) is 1. The molecule has 16 heavy (non-hydrogen) atoms. The zero-order valence-electron chi connectivity index (χ0n) is 9.75. The van der Waals surface area contributed by atoms with E-state index in [4.69, 9.17) is 9.47 Å². The SMILES string of the molecule is CC1OCCC12CC(=O)NC21CCOCC1. The van der Waals surface area contributed by atoms with Gasteiger partial charge in [0.15, 0.2) is 0 Å². The van der Waals surface area contributed by atoms with E-state index in [1.54, 1.807) is 0 Å². The molecule has 0 aromatic rings. The van der Waals surface area contributed by atoms with Crippen molar-refractivity contribution in [2.75, 3.05) is 19.8 Å². The minimum atomic E-state index is -0.0573. The Bertz CT molecular complexity index is 311. The Labute approximate surface area is 95.7 Å². The van der Waals surface area contributed by atoms with Crippen molar-refractivity contribution in [1.82, 2.24) is 5.32 Å². The Kier molecular flexibility index (Phi) is 2.27. The molecule has 1 amide bonds. The fourth-order valence-corrected chi connectivity index (χ4v) is 3.88. The van der Waals surface area contributed by atoms with Gasteiger partial charge in [-0.1, -0.05) is 0 Å². The van der Waals surface area contributed by atoms with Gasteiger partial charge in [0.25, 0.3) is 0 Å². The Hall–Kier alpha value is -0.610. The third-order valence-electron chi connectivity index (χ3n) is 4.85. The first-order valence-corrected chi connectivity index (χ1v) is 6.19. The number of amides is 1. The van der Waals surface area contributed by atoms with Crippen molar-refractivity contribution in [3.8, 4) is 0 Å². The minimum absolute atomic E-state index is 0.0217. The van der Waals surface area contributed by atoms with E-state index in [0.717, 1.165) is 39.1 Å². The average Bonchev–Trinajstić information content (AvgIpc) is 2.74. The molecule has 3 saturated heterocycles. The van der Waals surface area contributed by atoms with Crippen LogP contribution in [-0.2, 0) is 14.3 Å². The van der Waals surface area contributed by atoms with Gasteiger partial charge >= 0.3 is 0 Å². The van der Waals surface area contributed by atoms with Crippen LogP contribution in [-0.4, -0.2) is 37.4 Å². The van der Waals surface area contributed by atoms with Crippen molar-refractivity contribution in [3.05, 3.63) is 0 Å². The summed E-state index contributed by atoms with van der Waals surface area (Å²) in [4.78, 5) is 11.8. The smallest absolute Gasteiger partial charge is 0.221 e. The molecule has 4 nitrogen and oxygen atoms in total. The summed E-state index contributed by atoms with van der Waals surface area (Å²) in [6.45, 7) is 4.42. The van der Waals surface area contributed by atoms with Crippen LogP contribution in [0.15, 0.2) is 0 Å². The predicted octanol–water partition coefficient (Wildman–Crippen LogP) is 0.851. The van der Waals surface area contributed by atoms with Crippen LogP contribution >= 0.6 is 0 Å². The molecule has 2 spiro atoms. The van der Waals surface area contributed by atoms with E-state index in [1.165, 1.54) is 0 Å². The standard InChI is InChI=1S/C12H19NO3/c1-9-11(2-7-16-9)8-10(14)13-12(11)3-5-15-6-4-12/h9H,2-8H2,1H3,(H,13,14). The average molecular weight is 225 g/mol. The summed E-state index contributed by atoms with van der Waals surface area (Å²) < 4.78 is 11.2. The van der Waals surface area contributed by atoms with Crippen LogP contribution in [0.25, 0.3) is 0 Å². The van der Waals surface area contributed by atoms with Gasteiger partial charge in [-0.3, -0.25) is 4.79 Å². The zero-order valence-corrected chi connectivity index (χ0v) is 9.75. The van der Waals surface area contributed by atoms with Crippen LogP contribution in [0.2, 0.25) is 0 Å². The third kappa shape index (κ3) is 1.20. The van der Waals surface area contributed by atoms with Gasteiger partial charge in [0.2, 0.25) is 5.91 Å². The molecular weight excluding hydrogens is 206 g/mol. The van der Waals surface area contributed by atoms with Gasteiger partial charge in [0, 0.05) is 31.7 Å². The van der Waals surface area contributed by atoms with E-state index in [2.05, 4.69) is 12.2 Å². The topological polar surface area (TPSA) is 47.6 Å². The first-order valence-electron chi connectivity index (χ1n) is 6.19. The molecule has 0 aliphatic carbocycles. The molecule has 0 aromatic heterocycles. The highest BCUT2D eigenvalue weighted by Gasteiger charge is 2.62. The van der Waals surface area contributed by atoms with Crippen molar-refractivity contribution in [3.63, 3.8) is 0 Å². The molecule has 0 radical (unpaired) electrons. The van der Waals surface area contributed by atoms with Crippen molar-refractivity contribution in [1.29, 1.82) is 0 Å². The van der Waals surface area contributed by atoms with Gasteiger partial charge in [0.1, 0.15) is 0 Å². The molecular formula is C12H19NO3. The number of hydrogen-bond acceptors (Lipinski definition) is 3. The fraction of sp³-hybridized carbons (Fsp3) is 0.917. The van der Waals surface area contributed by atoms with Crippen LogP contribution in [0.4, 0.5) is 0 Å². The van der Waals surface area contributed by atoms with Crippen molar-refractivity contribution in [2.45, 2.75) is 44.2 Å². The zero-order chi connectivity index (χ0) is 11.2. The van der Waals surface area contributed by atoms with Crippen LogP contribution in [0.1, 0.15) is 32.6 Å². The summed E-state index contributed by atoms with van der Waals surface area (Å²) in [7, 11) is 0. The van der Waals surface area contributed by atoms with Gasteiger partial charge in [-0.15, -0.1) is 0 Å². The maximum absolute atomic E-state index is 11.8. The summed E-state index contributed by atoms with van der Waals surface area (Å²) in [5.41, 5.74) is -0.0356. The molecule has 3 fully saturated rings. The summed E-state index contributed by atoms with van der Waals surface area (Å²) >= 11 is 0. The molecule has 0 aromatic carbocycles. The molecule has 3 rings (SSSR count). The first kappa shape index (κ1) is 10.5. The second kappa shape index (κ2) is 3.44. The molecule has 90 valence electrons. The number of nitrogens with one attached hydrogen (secondary N) is 1. The molecule has 0 bridgehead atoms. The molecule has 0 saturated carbocycles. The van der Waals surface area contributed by atoms with Crippen LogP contribution in [0.5, 0.6) is 0 Å². The summed E-state index contributed by atoms with van der Waals surface area (Å²) in [6, 6.07) is 0. The van der Waals surface area contributed by atoms with Gasteiger partial charge in [-0.05, 0) is 26.2 Å². The van der Waals surface area contributed by atoms with E-state index < -0.39 is 0 Å². The van der Waals surface area contributed by atoms with E-state index in [1.807, 2.05) is 0 Å². The lowest BCUT2D eigenvalue weighted by atomic mass is 9.63. The van der Waals surface area contributed by atoms with E-state index in [-0.39, 0.29) is 23.0 Å². The van der Waals surface area contributed by atoms with E-state index in [0.29, 0.717) is 6.42 Å². The van der Waals surface area contributed by atoms with Gasteiger partial charge in [-0.25, -0.2) is 0 Å². The monoisotopic (exact) mass is 225 g/mol. The Morgan fingerprint density at radius 1 is 1.25 bits per heavy atom. The number of carbonyl (C=O) groups is 1. The largest absolute Gasteiger partial charge is 0.381 e. The Morgan fingerprint density at radius 3 is 2.62 bits per heavy atom. The molecule has 1 N–H and O–H groups in total. The summed E-state index contributed by atoms with van der Waals surface area (Å²) in [5, 5.41) is 3.23. The van der Waals surface area contributed by atoms with Crippen molar-refractivity contribution >= 4 is 5.91 Å². The lowest BCUT2D eigenvalue weighted by molar-refractivity contribution is -0.120. The molecule has 4 heteroatoms. The second-order valence-corrected chi connectivity index (χ2v) is 5.34. The van der Waals surface area contributed by atoms with Gasteiger partial charge in [0.05, 0.1) is 11.6 Å². The second-order valence-electron chi connectivity index (χ2n) is 5.34. The molecule has 2 atom stereocenters. The molecule has 2 unspecified atom stereocenters. The fourth-order valence-electron chi connectivity index (χ4n) is 3.88. The summed E-state index contributed by atoms with van der Waals surface area (Å²) in [5.74, 6) is 0.194. The van der Waals surface area contributed by atoms with Crippen LogP contribution in [0, 0.1) is 5.41 Å². The Balaban J connectivity index is 1.98. The highest BCUT2D eigenvalue weighted by Crippen LogP contribution is 2.54. The van der Waals surface area contributed by atoms with Crippen molar-refractivity contribution in [2.24, 2.45) is 5.41 Å². The number of fused-ring (bicyclic) bond motifs is 1. The quantitative estimate of drug-likeness (QED) is 0.665. The van der Waals surface area contributed by atoms with Crippen LogP contribution < -0.4 is 5.32 Å². The van der Waals surface area contributed by atoms with Gasteiger partial charge in [-0.2, -0.15) is 0 Å². The maximum atomic E-state index is 11.8. The first-order chi connectivity index (χ1) is 7.69. The molecule has 3 aliphatic heterocycles. The minimum Gasteiger partial charge on any atom is -0.381 e. The van der Waals surface area contributed by atoms with Crippen molar-refractivity contribution < 1.29 is 14.3 Å². The highest BCUT2D eigenvalue weighted by molar-refractivity contribution is 5.81. The van der Waals surface area contributed by atoms with Gasteiger partial charge < -0.3 is 14.8 Å². The summed E-state index contributed by atoms with van der Waals surface area (Å²) in [6.07, 6.45) is 3.70. The van der Waals surface area contributed by atoms with E-state index >= 15 is 0 Å². The predicted molar refractivity (Wildman–Crippen MR) is 58.0 cm³/mol. The molecule has 3 heterocycles. The lowest BCUT2D eigenvalue weighted by Crippen LogP contribution is -2.58. The molecule has 3 aliphatic rings. The normalized spacial score (nSPS) is 41.8. The number of ether oxygens (including phenoxy) is 2. The number of carbonyl (C=O) groups excluding carboxylic acids is 1. The highest BCUT2D eigenvalue weighted by atomic mass is 16.5. The van der Waals surface area contributed by atoms with Crippen LogP contribution in [0.3, 0.4) is 0 Å². The maximum Gasteiger partial charge on any atom is 0.221 e. The number of rotatable bonds is 0. The lowest BCUT2D eigenvalue weighted by Gasteiger charge is -2.46. The third-order valence-corrected chi connectivity index (χ3v) is 4.85. The van der Waals surface area contributed by atoms with E-state index in [9.17, 15) is 4.79 Å².